The average Bonchev–Trinajstić information content (AvgIpc) is 3.23. The van der Waals surface area contributed by atoms with Crippen molar-refractivity contribution in [2.24, 2.45) is 11.8 Å². The lowest BCUT2D eigenvalue weighted by molar-refractivity contribution is -0.148. The monoisotopic (exact) mass is 561 g/mol. The van der Waals surface area contributed by atoms with E-state index in [9.17, 15) is 19.2 Å². The van der Waals surface area contributed by atoms with Crippen molar-refractivity contribution in [3.63, 3.8) is 0 Å². The van der Waals surface area contributed by atoms with Gasteiger partial charge in [0.15, 0.2) is 6.10 Å². The minimum atomic E-state index is -1.27. The number of carbonyl (C=O) groups excluding carboxylic acids is 4. The summed E-state index contributed by atoms with van der Waals surface area (Å²) >= 11 is 14.8. The van der Waals surface area contributed by atoms with Gasteiger partial charge >= 0.3 is 5.97 Å². The summed E-state index contributed by atoms with van der Waals surface area (Å²) in [5.41, 5.74) is 3.31. The van der Waals surface area contributed by atoms with Crippen molar-refractivity contribution in [2.45, 2.75) is 35.6 Å². The zero-order valence-electron chi connectivity index (χ0n) is 21.1. The molecule has 1 fully saturated rings. The number of carbonyl (C=O) groups is 4. The van der Waals surface area contributed by atoms with Gasteiger partial charge in [0.05, 0.1) is 18.3 Å². The molecule has 4 aliphatic rings. The number of alkyl halides is 2. The number of esters is 1. The molecule has 39 heavy (non-hydrogen) atoms. The first-order valence-electron chi connectivity index (χ1n) is 13.0. The SMILES string of the molecule is CC[C@H](OC(=O)CCN1C(=O)[C@@H]2[C@@H](C1=O)C1(Cl)c3ccccc3C2(Cl)c2ccccc21)C(=O)c1ccccc1. The first kappa shape index (κ1) is 25.8. The van der Waals surface area contributed by atoms with E-state index in [0.29, 0.717) is 34.2 Å². The number of likely N-dealkylation sites (tertiary alicyclic amines) is 1. The number of hydrogen-bond acceptors (Lipinski definition) is 5. The zero-order chi connectivity index (χ0) is 27.5. The number of Topliss-reactive ketones (excluding diaryl/α,β-unsaturated/α-hetero) is 1. The highest BCUT2D eigenvalue weighted by Crippen LogP contribution is 2.69. The Kier molecular flexibility index (Phi) is 6.16. The van der Waals surface area contributed by atoms with Crippen LogP contribution in [0, 0.1) is 11.8 Å². The zero-order valence-corrected chi connectivity index (χ0v) is 22.6. The molecule has 0 aromatic heterocycles. The molecule has 1 aliphatic heterocycles. The number of nitrogens with zero attached hydrogens (tertiary/aromatic N) is 1. The molecule has 3 aromatic rings. The van der Waals surface area contributed by atoms with Gasteiger partial charge in [0.25, 0.3) is 0 Å². The number of ether oxygens (including phenoxy) is 1. The lowest BCUT2D eigenvalue weighted by Gasteiger charge is -2.54. The van der Waals surface area contributed by atoms with E-state index in [1.54, 1.807) is 37.3 Å². The third-order valence-corrected chi connectivity index (χ3v) is 9.50. The van der Waals surface area contributed by atoms with Crippen LogP contribution in [0.1, 0.15) is 52.4 Å². The molecule has 3 aliphatic carbocycles. The van der Waals surface area contributed by atoms with E-state index in [1.165, 1.54) is 0 Å². The van der Waals surface area contributed by atoms with Crippen LogP contribution in [0.4, 0.5) is 0 Å². The summed E-state index contributed by atoms with van der Waals surface area (Å²) < 4.78 is 5.47. The standard InChI is InChI=1S/C31H25Cl2NO5/c1-2-23(27(36)18-10-4-3-5-11-18)39-24(35)16-17-34-28(37)25-26(29(34)38)31(33)20-13-7-6-12-19(20)30(25,32)21-14-8-9-15-22(21)31/h3-15,23,25-26H,2,16-17H2,1H3/t23-,25-,26-,30?,31?/m0/s1. The first-order valence-corrected chi connectivity index (χ1v) is 13.7. The Hall–Kier alpha value is -3.48. The molecule has 3 atom stereocenters. The van der Waals surface area contributed by atoms with E-state index in [-0.39, 0.29) is 18.7 Å². The van der Waals surface area contributed by atoms with Crippen molar-refractivity contribution in [3.05, 3.63) is 107 Å². The number of benzene rings is 3. The summed E-state index contributed by atoms with van der Waals surface area (Å²) in [7, 11) is 0. The summed E-state index contributed by atoms with van der Waals surface area (Å²) in [6.07, 6.45) is -0.907. The van der Waals surface area contributed by atoms with Crippen molar-refractivity contribution in [1.29, 1.82) is 0 Å². The van der Waals surface area contributed by atoms with E-state index in [4.69, 9.17) is 27.9 Å². The Labute approximate surface area is 235 Å². The molecule has 0 radical (unpaired) electrons. The molecule has 0 N–H and O–H groups in total. The molecular weight excluding hydrogens is 537 g/mol. The van der Waals surface area contributed by atoms with Gasteiger partial charge in [-0.15, -0.1) is 23.2 Å². The number of ketones is 1. The quantitative estimate of drug-likeness (QED) is 0.172. The molecule has 2 amide bonds. The van der Waals surface area contributed by atoms with E-state index in [1.807, 2.05) is 48.5 Å². The van der Waals surface area contributed by atoms with Crippen molar-refractivity contribution in [2.75, 3.05) is 6.54 Å². The fourth-order valence-corrected chi connectivity index (χ4v) is 7.57. The van der Waals surface area contributed by atoms with E-state index in [0.717, 1.165) is 4.90 Å². The fraction of sp³-hybridized carbons (Fsp3) is 0.290. The average molecular weight is 562 g/mol. The highest BCUT2D eigenvalue weighted by molar-refractivity contribution is 6.36. The van der Waals surface area contributed by atoms with Crippen LogP contribution in [0.2, 0.25) is 0 Å². The van der Waals surface area contributed by atoms with Crippen LogP contribution in [-0.2, 0) is 28.9 Å². The summed E-state index contributed by atoms with van der Waals surface area (Å²) in [6, 6.07) is 23.4. The number of halogens is 2. The molecule has 7 rings (SSSR count). The van der Waals surface area contributed by atoms with E-state index >= 15 is 0 Å². The number of rotatable bonds is 7. The second-order valence-electron chi connectivity index (χ2n) is 10.2. The van der Waals surface area contributed by atoms with Gasteiger partial charge in [-0.2, -0.15) is 0 Å². The van der Waals surface area contributed by atoms with Crippen molar-refractivity contribution in [1.82, 2.24) is 4.90 Å². The Balaban J connectivity index is 1.26. The van der Waals surface area contributed by atoms with Gasteiger partial charge in [-0.25, -0.2) is 0 Å². The van der Waals surface area contributed by atoms with Crippen LogP contribution < -0.4 is 0 Å². The van der Waals surface area contributed by atoms with Crippen molar-refractivity contribution in [3.8, 4) is 0 Å². The largest absolute Gasteiger partial charge is 0.454 e. The summed E-state index contributed by atoms with van der Waals surface area (Å²) in [6.45, 7) is 1.56. The van der Waals surface area contributed by atoms with Crippen LogP contribution in [0.3, 0.4) is 0 Å². The highest BCUT2D eigenvalue weighted by Gasteiger charge is 2.72. The van der Waals surface area contributed by atoms with Gasteiger partial charge in [-0.1, -0.05) is 85.8 Å². The molecule has 0 spiro atoms. The predicted molar refractivity (Wildman–Crippen MR) is 145 cm³/mol. The summed E-state index contributed by atoms with van der Waals surface area (Å²) in [5.74, 6) is -3.74. The molecule has 0 unspecified atom stereocenters. The van der Waals surface area contributed by atoms with Crippen LogP contribution in [0.15, 0.2) is 78.9 Å². The van der Waals surface area contributed by atoms with Gasteiger partial charge in [0.1, 0.15) is 9.75 Å². The lowest BCUT2D eigenvalue weighted by atomic mass is 9.54. The summed E-state index contributed by atoms with van der Waals surface area (Å²) in [5, 5.41) is 0. The molecule has 0 saturated carbocycles. The van der Waals surface area contributed by atoms with Crippen LogP contribution >= 0.6 is 23.2 Å². The molecule has 6 nitrogen and oxygen atoms in total. The molecule has 2 bridgehead atoms. The number of imide groups is 1. The number of amides is 2. The van der Waals surface area contributed by atoms with Gasteiger partial charge in [-0.3, -0.25) is 24.1 Å². The van der Waals surface area contributed by atoms with Gasteiger partial charge in [-0.05, 0) is 28.7 Å². The molecule has 198 valence electrons. The third kappa shape index (κ3) is 3.54. The highest BCUT2D eigenvalue weighted by atomic mass is 35.5. The maximum absolute atomic E-state index is 13.8. The van der Waals surface area contributed by atoms with E-state index < -0.39 is 45.5 Å². The Morgan fingerprint density at radius 1 is 0.795 bits per heavy atom. The topological polar surface area (TPSA) is 80.8 Å². The van der Waals surface area contributed by atoms with E-state index in [2.05, 4.69) is 0 Å². The first-order chi connectivity index (χ1) is 18.7. The molecule has 8 heteroatoms. The second-order valence-corrected chi connectivity index (χ2v) is 11.4. The Morgan fingerprint density at radius 2 is 1.23 bits per heavy atom. The third-order valence-electron chi connectivity index (χ3n) is 8.21. The van der Waals surface area contributed by atoms with Gasteiger partial charge in [0, 0.05) is 12.1 Å². The molecule has 3 aromatic carbocycles. The van der Waals surface area contributed by atoms with Crippen molar-refractivity contribution >= 4 is 46.8 Å². The lowest BCUT2D eigenvalue weighted by Crippen LogP contribution is -2.57. The fourth-order valence-electron chi connectivity index (χ4n) is 6.48. The van der Waals surface area contributed by atoms with Gasteiger partial charge in [0.2, 0.25) is 17.6 Å². The molecule has 1 saturated heterocycles. The molecule has 1 heterocycles. The van der Waals surface area contributed by atoms with Crippen LogP contribution in [0.5, 0.6) is 0 Å². The van der Waals surface area contributed by atoms with Crippen molar-refractivity contribution < 1.29 is 23.9 Å². The van der Waals surface area contributed by atoms with Crippen LogP contribution in [-0.4, -0.2) is 41.1 Å². The number of hydrogen-bond donors (Lipinski definition) is 0. The Morgan fingerprint density at radius 3 is 1.67 bits per heavy atom. The van der Waals surface area contributed by atoms with Crippen LogP contribution in [0.25, 0.3) is 0 Å². The summed E-state index contributed by atoms with van der Waals surface area (Å²) in [4.78, 5) is 51.8. The minimum Gasteiger partial charge on any atom is -0.454 e. The normalized spacial score (nSPS) is 27.0. The predicted octanol–water partition coefficient (Wildman–Crippen LogP) is 5.17. The second kappa shape index (κ2) is 9.32. The maximum atomic E-state index is 13.8. The maximum Gasteiger partial charge on any atom is 0.308 e. The van der Waals surface area contributed by atoms with Gasteiger partial charge < -0.3 is 4.74 Å². The molecular formula is C31H25Cl2NO5. The smallest absolute Gasteiger partial charge is 0.308 e. The minimum absolute atomic E-state index is 0.188. The Bertz CT molecular complexity index is 1400.